The van der Waals surface area contributed by atoms with Gasteiger partial charge in [-0.05, 0) is 99.2 Å². The van der Waals surface area contributed by atoms with Gasteiger partial charge in [0.15, 0.2) is 0 Å². The highest BCUT2D eigenvalue weighted by molar-refractivity contribution is 14.1. The fourth-order valence-corrected chi connectivity index (χ4v) is 4.05. The van der Waals surface area contributed by atoms with E-state index in [1.807, 2.05) is 25.1 Å². The number of benzene rings is 2. The molecule has 0 aliphatic heterocycles. The van der Waals surface area contributed by atoms with Crippen LogP contribution in [0.5, 0.6) is 0 Å². The van der Waals surface area contributed by atoms with E-state index in [0.29, 0.717) is 29.2 Å². The van der Waals surface area contributed by atoms with Crippen molar-refractivity contribution >= 4 is 51.5 Å². The van der Waals surface area contributed by atoms with Crippen molar-refractivity contribution in [2.45, 2.75) is 46.7 Å². The van der Waals surface area contributed by atoms with E-state index >= 15 is 0 Å². The van der Waals surface area contributed by atoms with Gasteiger partial charge in [-0.1, -0.05) is 11.6 Å². The van der Waals surface area contributed by atoms with Gasteiger partial charge in [-0.15, -0.1) is 0 Å². The fraction of sp³-hybridized carbons (Fsp3) is 0.409. The summed E-state index contributed by atoms with van der Waals surface area (Å²) in [5, 5.41) is 6.96. The highest BCUT2D eigenvalue weighted by Gasteiger charge is 2.16. The number of aryl methyl sites for hydroxylation is 1. The van der Waals surface area contributed by atoms with Crippen molar-refractivity contribution < 1.29 is 4.79 Å². The van der Waals surface area contributed by atoms with Gasteiger partial charge < -0.3 is 10.6 Å². The second-order valence-electron chi connectivity index (χ2n) is 7.46. The highest BCUT2D eigenvalue weighted by Crippen LogP contribution is 2.27. The maximum absolute atomic E-state index is 12.8. The van der Waals surface area contributed by atoms with Gasteiger partial charge in [0.25, 0.3) is 5.91 Å². The Morgan fingerprint density at radius 2 is 1.71 bits per heavy atom. The lowest BCUT2D eigenvalue weighted by atomic mass is 10.1. The Morgan fingerprint density at radius 1 is 1.07 bits per heavy atom. The third-order valence-corrected chi connectivity index (χ3v) is 5.57. The van der Waals surface area contributed by atoms with Crippen LogP contribution in [0.2, 0.25) is 5.02 Å². The lowest BCUT2D eigenvalue weighted by Gasteiger charge is -2.30. The molecule has 2 N–H and O–H groups in total. The number of hydrogen-bond acceptors (Lipinski definition) is 3. The molecule has 1 amide bonds. The first-order valence-corrected chi connectivity index (χ1v) is 11.0. The summed E-state index contributed by atoms with van der Waals surface area (Å²) >= 11 is 8.46. The Hall–Kier alpha value is -1.31. The molecule has 0 aliphatic carbocycles. The predicted molar refractivity (Wildman–Crippen MR) is 128 cm³/mol. The number of carbonyl (C=O) groups is 1. The van der Waals surface area contributed by atoms with Gasteiger partial charge in [0.2, 0.25) is 0 Å². The summed E-state index contributed by atoms with van der Waals surface area (Å²) in [4.78, 5) is 15.2. The van der Waals surface area contributed by atoms with Crippen molar-refractivity contribution in [3.8, 4) is 0 Å². The summed E-state index contributed by atoms with van der Waals surface area (Å²) in [5.74, 6) is -0.124. The van der Waals surface area contributed by atoms with Crippen molar-refractivity contribution in [3.63, 3.8) is 0 Å². The van der Waals surface area contributed by atoms with Crippen LogP contribution in [-0.2, 0) is 0 Å². The number of amides is 1. The Balaban J connectivity index is 2.13. The van der Waals surface area contributed by atoms with Gasteiger partial charge in [0.05, 0.1) is 11.3 Å². The molecule has 4 nitrogen and oxygen atoms in total. The van der Waals surface area contributed by atoms with Crippen molar-refractivity contribution in [2.24, 2.45) is 0 Å². The van der Waals surface area contributed by atoms with Crippen LogP contribution >= 0.6 is 34.2 Å². The van der Waals surface area contributed by atoms with E-state index in [2.05, 4.69) is 71.9 Å². The molecule has 0 bridgehead atoms. The smallest absolute Gasteiger partial charge is 0.253 e. The molecular formula is C22H29ClIN3O. The molecule has 0 spiro atoms. The molecular weight excluding hydrogens is 485 g/mol. The fourth-order valence-electron chi connectivity index (χ4n) is 3.23. The number of carbonyl (C=O) groups excluding carboxylic acids is 1. The van der Waals surface area contributed by atoms with Gasteiger partial charge >= 0.3 is 0 Å². The molecule has 2 aromatic carbocycles. The zero-order valence-corrected chi connectivity index (χ0v) is 20.1. The molecule has 0 fully saturated rings. The maximum atomic E-state index is 12.8. The first-order valence-electron chi connectivity index (χ1n) is 9.55. The van der Waals surface area contributed by atoms with Crippen LogP contribution in [0, 0.1) is 10.5 Å². The molecule has 6 heteroatoms. The average Bonchev–Trinajstić information content (AvgIpc) is 2.61. The standard InChI is InChI=1S/C22H29ClIN3O/c1-14(2)27(15(3)4)11-10-25-22(28)19-13-17(23)6-8-21(19)26-20-9-7-18(24)12-16(20)5/h6-9,12-15,26H,10-11H2,1-5H3,(H,25,28). The van der Waals surface area contributed by atoms with E-state index in [9.17, 15) is 4.79 Å². The Bertz CT molecular complexity index is 815. The third kappa shape index (κ3) is 6.36. The van der Waals surface area contributed by atoms with Crippen LogP contribution in [0.3, 0.4) is 0 Å². The molecule has 0 saturated carbocycles. The second kappa shape index (κ2) is 10.5. The average molecular weight is 514 g/mol. The van der Waals surface area contributed by atoms with E-state index in [1.165, 1.54) is 3.57 Å². The molecule has 152 valence electrons. The molecule has 0 atom stereocenters. The normalized spacial score (nSPS) is 11.4. The van der Waals surface area contributed by atoms with Crippen molar-refractivity contribution in [1.82, 2.24) is 10.2 Å². The van der Waals surface area contributed by atoms with Crippen LogP contribution in [0.1, 0.15) is 43.6 Å². The molecule has 0 aromatic heterocycles. The van der Waals surface area contributed by atoms with E-state index in [0.717, 1.165) is 23.5 Å². The largest absolute Gasteiger partial charge is 0.355 e. The zero-order valence-electron chi connectivity index (χ0n) is 17.1. The molecule has 0 heterocycles. The number of hydrogen-bond donors (Lipinski definition) is 2. The molecule has 0 aliphatic rings. The van der Waals surface area contributed by atoms with Crippen molar-refractivity contribution in [1.29, 1.82) is 0 Å². The summed E-state index contributed by atoms with van der Waals surface area (Å²) in [6.45, 7) is 12.1. The first kappa shape index (κ1) is 23.0. The summed E-state index contributed by atoms with van der Waals surface area (Å²) in [7, 11) is 0. The Labute approximate surface area is 187 Å². The van der Waals surface area contributed by atoms with Gasteiger partial charge in [-0.3, -0.25) is 9.69 Å². The molecule has 0 radical (unpaired) electrons. The Kier molecular flexibility index (Phi) is 8.58. The van der Waals surface area contributed by atoms with Crippen LogP contribution in [-0.4, -0.2) is 36.0 Å². The summed E-state index contributed by atoms with van der Waals surface area (Å²) in [6.07, 6.45) is 0. The summed E-state index contributed by atoms with van der Waals surface area (Å²) in [5.41, 5.74) is 3.39. The topological polar surface area (TPSA) is 44.4 Å². The number of nitrogens with one attached hydrogen (secondary N) is 2. The van der Waals surface area contributed by atoms with E-state index in [1.54, 1.807) is 12.1 Å². The SMILES string of the molecule is Cc1cc(I)ccc1Nc1ccc(Cl)cc1C(=O)NCCN(C(C)C)C(C)C. The lowest BCUT2D eigenvalue weighted by Crippen LogP contribution is -2.42. The quantitative estimate of drug-likeness (QED) is 0.436. The zero-order chi connectivity index (χ0) is 20.8. The number of halogens is 2. The number of rotatable bonds is 8. The first-order chi connectivity index (χ1) is 13.2. The van der Waals surface area contributed by atoms with Gasteiger partial charge in [-0.25, -0.2) is 0 Å². The predicted octanol–water partition coefficient (Wildman–Crippen LogP) is 5.85. The molecule has 2 rings (SSSR count). The number of anilines is 2. The van der Waals surface area contributed by atoms with Crippen molar-refractivity contribution in [2.75, 3.05) is 18.4 Å². The summed E-state index contributed by atoms with van der Waals surface area (Å²) in [6, 6.07) is 12.4. The minimum absolute atomic E-state index is 0.124. The van der Waals surface area contributed by atoms with Gasteiger partial charge in [0.1, 0.15) is 0 Å². The Morgan fingerprint density at radius 3 is 2.32 bits per heavy atom. The van der Waals surface area contributed by atoms with Crippen LogP contribution in [0.15, 0.2) is 36.4 Å². The van der Waals surface area contributed by atoms with E-state index < -0.39 is 0 Å². The van der Waals surface area contributed by atoms with E-state index in [4.69, 9.17) is 11.6 Å². The lowest BCUT2D eigenvalue weighted by molar-refractivity contribution is 0.0940. The van der Waals surface area contributed by atoms with Crippen LogP contribution in [0.25, 0.3) is 0 Å². The second-order valence-corrected chi connectivity index (χ2v) is 9.14. The number of nitrogens with zero attached hydrogens (tertiary/aromatic N) is 1. The van der Waals surface area contributed by atoms with Crippen molar-refractivity contribution in [3.05, 3.63) is 56.1 Å². The third-order valence-electron chi connectivity index (χ3n) is 4.67. The molecule has 0 saturated heterocycles. The van der Waals surface area contributed by atoms with Crippen LogP contribution in [0.4, 0.5) is 11.4 Å². The van der Waals surface area contributed by atoms with E-state index in [-0.39, 0.29) is 5.91 Å². The minimum atomic E-state index is -0.124. The molecule has 0 unspecified atom stereocenters. The molecule has 28 heavy (non-hydrogen) atoms. The van der Waals surface area contributed by atoms with Gasteiger partial charge in [0, 0.05) is 39.5 Å². The highest BCUT2D eigenvalue weighted by atomic mass is 127. The maximum Gasteiger partial charge on any atom is 0.253 e. The monoisotopic (exact) mass is 513 g/mol. The molecule has 2 aromatic rings. The minimum Gasteiger partial charge on any atom is -0.355 e. The van der Waals surface area contributed by atoms with Crippen LogP contribution < -0.4 is 10.6 Å². The summed E-state index contributed by atoms with van der Waals surface area (Å²) < 4.78 is 1.18. The van der Waals surface area contributed by atoms with Gasteiger partial charge in [-0.2, -0.15) is 0 Å².